The van der Waals surface area contributed by atoms with E-state index in [0.29, 0.717) is 5.75 Å². The highest BCUT2D eigenvalue weighted by Gasteiger charge is 2.27. The molecule has 2 aliphatic rings. The third-order valence-electron chi connectivity index (χ3n) is 3.70. The standard InChI is InChI=1S/C16H16N2O7/c1-9(16(20)17-11-3-4-11)25-15(19)5-2-10-6-13-14(24-8-23-13)7-12(10)18(21)22/h2,5-7,9,11H,3-4,8H2,1H3,(H,17,20)/b5-2+/t9-/m0/s1. The second-order valence-corrected chi connectivity index (χ2v) is 5.72. The van der Waals surface area contributed by atoms with Crippen LogP contribution in [0.2, 0.25) is 0 Å². The normalized spacial score (nSPS) is 16.5. The van der Waals surface area contributed by atoms with Crippen LogP contribution < -0.4 is 14.8 Å². The lowest BCUT2D eigenvalue weighted by Crippen LogP contribution is -2.36. The van der Waals surface area contributed by atoms with Crippen LogP contribution >= 0.6 is 0 Å². The fourth-order valence-electron chi connectivity index (χ4n) is 2.21. The average Bonchev–Trinajstić information content (AvgIpc) is 3.26. The highest BCUT2D eigenvalue weighted by atomic mass is 16.7. The number of hydrogen-bond acceptors (Lipinski definition) is 7. The Balaban J connectivity index is 1.67. The minimum Gasteiger partial charge on any atom is -0.454 e. The first-order chi connectivity index (χ1) is 11.9. The minimum atomic E-state index is -0.940. The van der Waals surface area contributed by atoms with Crippen molar-refractivity contribution in [3.63, 3.8) is 0 Å². The lowest BCUT2D eigenvalue weighted by atomic mass is 10.1. The number of nitrogens with zero attached hydrogens (tertiary/aromatic N) is 1. The molecular weight excluding hydrogens is 332 g/mol. The fourth-order valence-corrected chi connectivity index (χ4v) is 2.21. The molecule has 1 heterocycles. The van der Waals surface area contributed by atoms with Gasteiger partial charge in [-0.2, -0.15) is 0 Å². The molecule has 1 fully saturated rings. The van der Waals surface area contributed by atoms with Crippen LogP contribution in [0.25, 0.3) is 6.08 Å². The maximum atomic E-state index is 11.8. The number of carbonyl (C=O) groups excluding carboxylic acids is 2. The second-order valence-electron chi connectivity index (χ2n) is 5.72. The summed E-state index contributed by atoms with van der Waals surface area (Å²) in [7, 11) is 0. The SMILES string of the molecule is C[C@H](OC(=O)/C=C/c1cc2c(cc1[N+](=O)[O-])OCO2)C(=O)NC1CC1. The highest BCUT2D eigenvalue weighted by molar-refractivity contribution is 5.91. The zero-order valence-corrected chi connectivity index (χ0v) is 13.4. The number of carbonyl (C=O) groups is 2. The molecule has 9 nitrogen and oxygen atoms in total. The summed E-state index contributed by atoms with van der Waals surface area (Å²) in [6, 6.07) is 2.81. The first kappa shape index (κ1) is 16.7. The van der Waals surface area contributed by atoms with Gasteiger partial charge in [0.2, 0.25) is 6.79 Å². The van der Waals surface area contributed by atoms with Gasteiger partial charge in [-0.25, -0.2) is 4.79 Å². The summed E-state index contributed by atoms with van der Waals surface area (Å²) in [6.45, 7) is 1.45. The molecule has 0 saturated heterocycles. The first-order valence-corrected chi connectivity index (χ1v) is 7.71. The van der Waals surface area contributed by atoms with E-state index in [-0.39, 0.29) is 35.7 Å². The van der Waals surface area contributed by atoms with Crippen LogP contribution in [0, 0.1) is 10.1 Å². The van der Waals surface area contributed by atoms with Gasteiger partial charge in [-0.3, -0.25) is 14.9 Å². The van der Waals surface area contributed by atoms with Gasteiger partial charge in [0.05, 0.1) is 16.6 Å². The van der Waals surface area contributed by atoms with E-state index in [1.54, 1.807) is 0 Å². The van der Waals surface area contributed by atoms with Crippen molar-refractivity contribution in [2.24, 2.45) is 0 Å². The number of benzene rings is 1. The van der Waals surface area contributed by atoms with E-state index in [9.17, 15) is 19.7 Å². The Morgan fingerprint density at radius 1 is 1.36 bits per heavy atom. The Morgan fingerprint density at radius 2 is 2.04 bits per heavy atom. The predicted octanol–water partition coefficient (Wildman–Crippen LogP) is 1.55. The average molecular weight is 348 g/mol. The van der Waals surface area contributed by atoms with Gasteiger partial charge < -0.3 is 19.5 Å². The monoisotopic (exact) mass is 348 g/mol. The van der Waals surface area contributed by atoms with Crippen molar-refractivity contribution in [2.45, 2.75) is 31.9 Å². The zero-order valence-electron chi connectivity index (χ0n) is 13.4. The van der Waals surface area contributed by atoms with Crippen molar-refractivity contribution in [1.29, 1.82) is 0 Å². The Labute approximate surface area is 142 Å². The number of fused-ring (bicyclic) bond motifs is 1. The number of hydrogen-bond donors (Lipinski definition) is 1. The number of nitro benzene ring substituents is 1. The molecule has 1 aliphatic carbocycles. The highest BCUT2D eigenvalue weighted by Crippen LogP contribution is 2.38. The van der Waals surface area contributed by atoms with Crippen LogP contribution in [0.4, 0.5) is 5.69 Å². The molecule has 1 N–H and O–H groups in total. The van der Waals surface area contributed by atoms with E-state index in [4.69, 9.17) is 14.2 Å². The molecule has 1 aromatic rings. The van der Waals surface area contributed by atoms with Crippen molar-refractivity contribution in [3.8, 4) is 11.5 Å². The largest absolute Gasteiger partial charge is 0.454 e. The second kappa shape index (κ2) is 6.80. The van der Waals surface area contributed by atoms with Gasteiger partial charge in [-0.1, -0.05) is 0 Å². The van der Waals surface area contributed by atoms with E-state index in [1.165, 1.54) is 25.1 Å². The summed E-state index contributed by atoms with van der Waals surface area (Å²) < 4.78 is 15.3. The molecule has 0 unspecified atom stereocenters. The van der Waals surface area contributed by atoms with E-state index in [0.717, 1.165) is 18.9 Å². The number of nitro groups is 1. The number of esters is 1. The van der Waals surface area contributed by atoms with Crippen molar-refractivity contribution in [1.82, 2.24) is 5.32 Å². The van der Waals surface area contributed by atoms with E-state index in [1.807, 2.05) is 0 Å². The molecule has 0 aromatic heterocycles. The van der Waals surface area contributed by atoms with Gasteiger partial charge >= 0.3 is 5.97 Å². The molecule has 3 rings (SSSR count). The summed E-state index contributed by atoms with van der Waals surface area (Å²) in [4.78, 5) is 34.1. The molecule has 1 atom stereocenters. The van der Waals surface area contributed by atoms with E-state index in [2.05, 4.69) is 5.32 Å². The summed E-state index contributed by atoms with van der Waals surface area (Å²) in [5.74, 6) is -0.503. The van der Waals surface area contributed by atoms with Crippen molar-refractivity contribution in [2.75, 3.05) is 6.79 Å². The number of nitrogens with one attached hydrogen (secondary N) is 1. The number of ether oxygens (including phenoxy) is 3. The maximum absolute atomic E-state index is 11.8. The molecule has 132 valence electrons. The van der Waals surface area contributed by atoms with Crippen molar-refractivity contribution in [3.05, 3.63) is 33.9 Å². The van der Waals surface area contributed by atoms with Gasteiger partial charge in [0.15, 0.2) is 17.6 Å². The van der Waals surface area contributed by atoms with Crippen LogP contribution in [0.5, 0.6) is 11.5 Å². The van der Waals surface area contributed by atoms with Crippen molar-refractivity contribution >= 4 is 23.6 Å². The number of amides is 1. The first-order valence-electron chi connectivity index (χ1n) is 7.71. The third kappa shape index (κ3) is 4.06. The van der Waals surface area contributed by atoms with Crippen LogP contribution in [0.1, 0.15) is 25.3 Å². The molecule has 1 aliphatic heterocycles. The van der Waals surface area contributed by atoms with E-state index >= 15 is 0 Å². The van der Waals surface area contributed by atoms with Crippen LogP contribution in [0.15, 0.2) is 18.2 Å². The summed E-state index contributed by atoms with van der Waals surface area (Å²) >= 11 is 0. The predicted molar refractivity (Wildman–Crippen MR) is 85.0 cm³/mol. The molecule has 25 heavy (non-hydrogen) atoms. The molecule has 0 radical (unpaired) electrons. The van der Waals surface area contributed by atoms with Gasteiger partial charge in [0, 0.05) is 12.1 Å². The summed E-state index contributed by atoms with van der Waals surface area (Å²) in [6.07, 6.45) is 3.20. The topological polar surface area (TPSA) is 117 Å². The Bertz CT molecular complexity index is 755. The lowest BCUT2D eigenvalue weighted by molar-refractivity contribution is -0.385. The Morgan fingerprint density at radius 3 is 2.68 bits per heavy atom. The van der Waals surface area contributed by atoms with Gasteiger partial charge in [-0.15, -0.1) is 0 Å². The molecule has 0 bridgehead atoms. The van der Waals surface area contributed by atoms with Crippen LogP contribution in [-0.4, -0.2) is 35.7 Å². The molecular formula is C16H16N2O7. The molecule has 1 aromatic carbocycles. The molecule has 1 saturated carbocycles. The van der Waals surface area contributed by atoms with Gasteiger partial charge in [0.25, 0.3) is 11.6 Å². The lowest BCUT2D eigenvalue weighted by Gasteiger charge is -2.11. The Hall–Kier alpha value is -3.10. The number of rotatable bonds is 6. The molecule has 0 spiro atoms. The van der Waals surface area contributed by atoms with Crippen LogP contribution in [-0.2, 0) is 14.3 Å². The zero-order chi connectivity index (χ0) is 18.0. The maximum Gasteiger partial charge on any atom is 0.331 e. The van der Waals surface area contributed by atoms with Crippen LogP contribution in [0.3, 0.4) is 0 Å². The molecule has 9 heteroatoms. The summed E-state index contributed by atoms with van der Waals surface area (Å²) in [5.41, 5.74) is -0.0610. The molecule has 1 amide bonds. The smallest absolute Gasteiger partial charge is 0.331 e. The quantitative estimate of drug-likeness (QED) is 0.359. The minimum absolute atomic E-state index is 0.0185. The van der Waals surface area contributed by atoms with E-state index < -0.39 is 17.0 Å². The van der Waals surface area contributed by atoms with Crippen molar-refractivity contribution < 1.29 is 28.7 Å². The fraction of sp³-hybridized carbons (Fsp3) is 0.375. The Kier molecular flexibility index (Phi) is 4.55. The summed E-state index contributed by atoms with van der Waals surface area (Å²) in [5, 5.41) is 13.9. The van der Waals surface area contributed by atoms with Gasteiger partial charge in [-0.05, 0) is 31.9 Å². The third-order valence-corrected chi connectivity index (χ3v) is 3.70. The van der Waals surface area contributed by atoms with Gasteiger partial charge in [0.1, 0.15) is 0 Å².